The van der Waals surface area contributed by atoms with Crippen molar-refractivity contribution < 1.29 is 14.3 Å². The lowest BCUT2D eigenvalue weighted by molar-refractivity contribution is -0.122. The predicted octanol–water partition coefficient (Wildman–Crippen LogP) is 4.85. The van der Waals surface area contributed by atoms with Crippen LogP contribution >= 0.6 is 11.6 Å². The van der Waals surface area contributed by atoms with Crippen molar-refractivity contribution in [3.63, 3.8) is 0 Å². The van der Waals surface area contributed by atoms with Crippen LogP contribution in [0, 0.1) is 6.92 Å². The van der Waals surface area contributed by atoms with Gasteiger partial charge in [0.2, 0.25) is 0 Å². The number of nitrogens with one attached hydrogen (secondary N) is 2. The summed E-state index contributed by atoms with van der Waals surface area (Å²) in [5.74, 6) is -0.444. The van der Waals surface area contributed by atoms with Crippen molar-refractivity contribution in [2.75, 3.05) is 11.6 Å². The van der Waals surface area contributed by atoms with Gasteiger partial charge < -0.3 is 10.1 Å². The number of carbonyl (C=O) groups excluding carboxylic acids is 2. The minimum Gasteiger partial charge on any atom is -0.444 e. The van der Waals surface area contributed by atoms with Crippen molar-refractivity contribution in [1.29, 1.82) is 0 Å². The molecular formula is C28H32ClN5O4. The van der Waals surface area contributed by atoms with Crippen LogP contribution in [0.2, 0.25) is 5.02 Å². The van der Waals surface area contributed by atoms with Gasteiger partial charge in [-0.15, -0.1) is 0 Å². The van der Waals surface area contributed by atoms with E-state index in [0.717, 1.165) is 10.9 Å². The first-order valence-corrected chi connectivity index (χ1v) is 12.9. The molecule has 2 heterocycles. The number of hydrogen-bond donors (Lipinski definition) is 2. The number of fused-ring (bicyclic) bond motifs is 3. The van der Waals surface area contributed by atoms with Crippen LogP contribution in [0.1, 0.15) is 45.4 Å². The molecule has 0 aliphatic heterocycles. The molecule has 200 valence electrons. The molecule has 0 fully saturated rings. The molecule has 0 aliphatic rings. The Balaban J connectivity index is 1.84. The monoisotopic (exact) mass is 537 g/mol. The van der Waals surface area contributed by atoms with Crippen LogP contribution in [-0.4, -0.2) is 45.1 Å². The van der Waals surface area contributed by atoms with E-state index in [2.05, 4.69) is 15.5 Å². The van der Waals surface area contributed by atoms with Crippen LogP contribution in [0.15, 0.2) is 53.3 Å². The van der Waals surface area contributed by atoms with Gasteiger partial charge in [-0.25, -0.2) is 14.5 Å². The van der Waals surface area contributed by atoms with E-state index >= 15 is 0 Å². The second kappa shape index (κ2) is 10.9. The van der Waals surface area contributed by atoms with Gasteiger partial charge in [-0.3, -0.25) is 14.7 Å². The summed E-state index contributed by atoms with van der Waals surface area (Å²) >= 11 is 6.05. The molecule has 10 heteroatoms. The first-order valence-electron chi connectivity index (χ1n) is 12.5. The van der Waals surface area contributed by atoms with Crippen molar-refractivity contribution in [1.82, 2.24) is 20.2 Å². The molecule has 4 aromatic rings. The van der Waals surface area contributed by atoms with Gasteiger partial charge in [0.1, 0.15) is 17.2 Å². The highest BCUT2D eigenvalue weighted by atomic mass is 35.5. The number of carbonyl (C=O) groups is 2. The zero-order valence-corrected chi connectivity index (χ0v) is 22.9. The standard InChI is InChI=1S/C28H32ClN5O4/c1-6-15-33(34-22-10-8-7-9-20(22)24-23(26(34)36)17(2)31-32-24)25(35)21(30-27(37)38-28(3,4)5)16-18-11-13-19(29)14-12-18/h7-14,21H,6,15-16H2,1-5H3,(H,30,37)(H,31,32). The number of aryl methyl sites for hydroxylation is 1. The van der Waals surface area contributed by atoms with Crippen LogP contribution < -0.4 is 15.9 Å². The summed E-state index contributed by atoms with van der Waals surface area (Å²) in [5, 5.41) is 13.1. The minimum absolute atomic E-state index is 0.176. The normalized spacial score (nSPS) is 12.5. The molecule has 2 aromatic carbocycles. The van der Waals surface area contributed by atoms with Crippen LogP contribution in [0.25, 0.3) is 21.8 Å². The van der Waals surface area contributed by atoms with Gasteiger partial charge in [-0.1, -0.05) is 48.9 Å². The first-order chi connectivity index (χ1) is 18.0. The van der Waals surface area contributed by atoms with Gasteiger partial charge in [0, 0.05) is 29.1 Å². The summed E-state index contributed by atoms with van der Waals surface area (Å²) in [7, 11) is 0. The Labute approximate surface area is 225 Å². The third kappa shape index (κ3) is 5.67. The van der Waals surface area contributed by atoms with Crippen molar-refractivity contribution in [3.8, 4) is 0 Å². The topological polar surface area (TPSA) is 109 Å². The largest absolute Gasteiger partial charge is 0.444 e. The number of aromatic nitrogens is 3. The molecular weight excluding hydrogens is 506 g/mol. The second-order valence-electron chi connectivity index (χ2n) is 10.2. The summed E-state index contributed by atoms with van der Waals surface area (Å²) < 4.78 is 6.86. The lowest BCUT2D eigenvalue weighted by atomic mass is 10.0. The van der Waals surface area contributed by atoms with Crippen LogP contribution in [0.3, 0.4) is 0 Å². The highest BCUT2D eigenvalue weighted by molar-refractivity contribution is 6.30. The Morgan fingerprint density at radius 3 is 2.50 bits per heavy atom. The van der Waals surface area contributed by atoms with Crippen LogP contribution in [-0.2, 0) is 16.0 Å². The molecule has 0 spiro atoms. The lowest BCUT2D eigenvalue weighted by Gasteiger charge is -2.30. The molecule has 0 saturated heterocycles. The molecule has 1 atom stereocenters. The third-order valence-corrected chi connectivity index (χ3v) is 6.27. The maximum atomic E-state index is 14.2. The molecule has 2 aromatic heterocycles. The Bertz CT molecular complexity index is 1540. The number of nitrogens with zero attached hydrogens (tertiary/aromatic N) is 3. The van der Waals surface area contributed by atoms with E-state index in [0.29, 0.717) is 33.6 Å². The lowest BCUT2D eigenvalue weighted by Crippen LogP contribution is -2.56. The SMILES string of the molecule is CCCN(C(=O)C(Cc1ccc(Cl)cc1)NC(=O)OC(C)(C)C)n1c(=O)c2c(C)[nH]nc2c2ccccc21. The van der Waals surface area contributed by atoms with Crippen molar-refractivity contribution in [3.05, 3.63) is 75.2 Å². The fourth-order valence-electron chi connectivity index (χ4n) is 4.41. The van der Waals surface area contributed by atoms with Gasteiger partial charge in [0.05, 0.1) is 10.9 Å². The number of ether oxygens (including phenoxy) is 1. The summed E-state index contributed by atoms with van der Waals surface area (Å²) in [6.07, 6.45) is 0.0315. The summed E-state index contributed by atoms with van der Waals surface area (Å²) in [6, 6.07) is 13.4. The first kappa shape index (κ1) is 27.2. The molecule has 0 saturated carbocycles. The van der Waals surface area contributed by atoms with E-state index in [1.165, 1.54) is 9.69 Å². The number of hydrogen-bond acceptors (Lipinski definition) is 5. The van der Waals surface area contributed by atoms with Gasteiger partial charge >= 0.3 is 6.09 Å². The number of halogens is 1. The van der Waals surface area contributed by atoms with Gasteiger partial charge in [0.15, 0.2) is 0 Å². The molecule has 2 amide bonds. The Kier molecular flexibility index (Phi) is 7.78. The number of benzene rings is 2. The number of amides is 2. The van der Waals surface area contributed by atoms with Gasteiger partial charge in [-0.2, -0.15) is 5.10 Å². The van der Waals surface area contributed by atoms with E-state index in [1.54, 1.807) is 58.0 Å². The maximum Gasteiger partial charge on any atom is 0.408 e. The molecule has 9 nitrogen and oxygen atoms in total. The minimum atomic E-state index is -1.01. The second-order valence-corrected chi connectivity index (χ2v) is 10.6. The zero-order chi connectivity index (χ0) is 27.6. The van der Waals surface area contributed by atoms with E-state index in [-0.39, 0.29) is 18.5 Å². The summed E-state index contributed by atoms with van der Waals surface area (Å²) in [6.45, 7) is 9.19. The van der Waals surface area contributed by atoms with Gasteiger partial charge in [-0.05, 0) is 57.9 Å². The van der Waals surface area contributed by atoms with Crippen molar-refractivity contribution in [2.24, 2.45) is 0 Å². The fourth-order valence-corrected chi connectivity index (χ4v) is 4.53. The Hall–Kier alpha value is -3.85. The van der Waals surface area contributed by atoms with Gasteiger partial charge in [0.25, 0.3) is 11.5 Å². The average molecular weight is 538 g/mol. The molecule has 0 bridgehead atoms. The summed E-state index contributed by atoms with van der Waals surface area (Å²) in [4.78, 5) is 40.9. The quantitative estimate of drug-likeness (QED) is 0.350. The van der Waals surface area contributed by atoms with E-state index < -0.39 is 23.6 Å². The number of rotatable bonds is 7. The molecule has 0 radical (unpaired) electrons. The summed E-state index contributed by atoms with van der Waals surface area (Å²) in [5.41, 5.74) is 1.37. The zero-order valence-electron chi connectivity index (χ0n) is 22.2. The van der Waals surface area contributed by atoms with Crippen molar-refractivity contribution in [2.45, 2.75) is 59.1 Å². The smallest absolute Gasteiger partial charge is 0.408 e. The van der Waals surface area contributed by atoms with Crippen LogP contribution in [0.5, 0.6) is 0 Å². The van der Waals surface area contributed by atoms with E-state index in [4.69, 9.17) is 16.3 Å². The van der Waals surface area contributed by atoms with E-state index in [1.807, 2.05) is 25.1 Å². The van der Waals surface area contributed by atoms with E-state index in [9.17, 15) is 14.4 Å². The number of para-hydroxylation sites is 1. The molecule has 4 rings (SSSR count). The maximum absolute atomic E-state index is 14.2. The Morgan fingerprint density at radius 2 is 1.84 bits per heavy atom. The number of H-pyrrole nitrogens is 1. The highest BCUT2D eigenvalue weighted by Gasteiger charge is 2.31. The predicted molar refractivity (Wildman–Crippen MR) is 149 cm³/mol. The molecule has 38 heavy (non-hydrogen) atoms. The number of pyridine rings is 1. The van der Waals surface area contributed by atoms with Crippen molar-refractivity contribution >= 4 is 45.4 Å². The number of aromatic amines is 1. The molecule has 1 unspecified atom stereocenters. The fraction of sp³-hybridized carbons (Fsp3) is 0.357. The average Bonchev–Trinajstić information content (AvgIpc) is 3.25. The molecule has 0 aliphatic carbocycles. The third-order valence-electron chi connectivity index (χ3n) is 6.01. The Morgan fingerprint density at radius 1 is 1.16 bits per heavy atom. The van der Waals surface area contributed by atoms with Crippen LogP contribution in [0.4, 0.5) is 4.79 Å². The number of alkyl carbamates (subject to hydrolysis) is 1. The molecule has 2 N–H and O–H groups in total. The highest BCUT2D eigenvalue weighted by Crippen LogP contribution is 2.23.